The summed E-state index contributed by atoms with van der Waals surface area (Å²) in [5.74, 6) is 0. The fraction of sp³-hybridized carbons (Fsp3) is 0.140. The van der Waals surface area contributed by atoms with Gasteiger partial charge in [-0.2, -0.15) is 26.3 Å². The fourth-order valence-corrected chi connectivity index (χ4v) is 7.61. The Hall–Kier alpha value is -6.01. The third kappa shape index (κ3) is 5.04. The first kappa shape index (κ1) is 33.2. The number of rotatable bonds is 3. The number of hydrogen-bond donors (Lipinski definition) is 0. The van der Waals surface area contributed by atoms with Crippen LogP contribution in [0.2, 0.25) is 0 Å². The van der Waals surface area contributed by atoms with Crippen LogP contribution in [0.5, 0.6) is 0 Å². The molecule has 52 heavy (non-hydrogen) atoms. The van der Waals surface area contributed by atoms with E-state index in [4.69, 9.17) is 6.57 Å². The summed E-state index contributed by atoms with van der Waals surface area (Å²) in [6.07, 6.45) is -10.1. The standard InChI is InChI=1S/C43H29F6N3/c1-23-9-13-27-28-14-10-24(2)20-36(28)51(35(27)19-23)34-18-17-31(39-32(42(44,45)46)7-6-8-33(39)50-5)41(40(34)43(47,48)49)52-37-21-25(3)11-15-29(37)30-16-12-26(4)22-38(30)52/h6-22H,1-4H3. The van der Waals surface area contributed by atoms with E-state index in [2.05, 4.69) is 4.85 Å². The molecule has 2 heterocycles. The molecule has 0 saturated carbocycles. The highest BCUT2D eigenvalue weighted by atomic mass is 19.4. The van der Waals surface area contributed by atoms with E-state index in [0.717, 1.165) is 45.2 Å². The van der Waals surface area contributed by atoms with Gasteiger partial charge in [0.25, 0.3) is 0 Å². The summed E-state index contributed by atoms with van der Waals surface area (Å²) >= 11 is 0. The Morgan fingerprint density at radius 1 is 0.519 bits per heavy atom. The Kier molecular flexibility index (Phi) is 7.33. The molecule has 0 N–H and O–H groups in total. The van der Waals surface area contributed by atoms with Crippen molar-refractivity contribution < 1.29 is 26.3 Å². The predicted octanol–water partition coefficient (Wildman–Crippen LogP) is 13.4. The molecule has 0 fully saturated rings. The molecule has 8 aromatic rings. The maximum absolute atomic E-state index is 16.3. The summed E-state index contributed by atoms with van der Waals surface area (Å²) in [5, 5.41) is 2.76. The van der Waals surface area contributed by atoms with E-state index in [1.807, 2.05) is 88.4 Å². The van der Waals surface area contributed by atoms with Crippen LogP contribution in [0, 0.1) is 34.3 Å². The fourth-order valence-electron chi connectivity index (χ4n) is 7.61. The first-order valence-corrected chi connectivity index (χ1v) is 16.5. The van der Waals surface area contributed by atoms with Gasteiger partial charge in [0, 0.05) is 27.1 Å². The van der Waals surface area contributed by atoms with Gasteiger partial charge in [-0.3, -0.25) is 0 Å². The van der Waals surface area contributed by atoms with Crippen LogP contribution in [0.4, 0.5) is 32.0 Å². The van der Waals surface area contributed by atoms with E-state index in [-0.39, 0.29) is 11.3 Å². The third-order valence-electron chi connectivity index (χ3n) is 9.80. The molecule has 9 heteroatoms. The van der Waals surface area contributed by atoms with E-state index in [1.165, 1.54) is 22.8 Å². The van der Waals surface area contributed by atoms with E-state index in [1.54, 1.807) is 16.7 Å². The van der Waals surface area contributed by atoms with Crippen molar-refractivity contribution in [3.8, 4) is 22.5 Å². The minimum absolute atomic E-state index is 0.244. The number of alkyl halides is 6. The van der Waals surface area contributed by atoms with Crippen molar-refractivity contribution in [2.45, 2.75) is 40.0 Å². The lowest BCUT2D eigenvalue weighted by Crippen LogP contribution is -2.17. The molecule has 0 aliphatic heterocycles. The minimum Gasteiger partial charge on any atom is -0.309 e. The van der Waals surface area contributed by atoms with Crippen molar-refractivity contribution in [3.05, 3.63) is 148 Å². The van der Waals surface area contributed by atoms with Gasteiger partial charge in [-0.1, -0.05) is 72.8 Å². The van der Waals surface area contributed by atoms with Crippen molar-refractivity contribution in [2.75, 3.05) is 0 Å². The summed E-state index contributed by atoms with van der Waals surface area (Å²) in [7, 11) is 0. The molecule has 0 atom stereocenters. The Labute approximate surface area is 294 Å². The average molecular weight is 702 g/mol. The Morgan fingerprint density at radius 3 is 1.37 bits per heavy atom. The minimum atomic E-state index is -5.08. The van der Waals surface area contributed by atoms with Gasteiger partial charge < -0.3 is 9.13 Å². The molecule has 0 spiro atoms. The summed E-state index contributed by atoms with van der Waals surface area (Å²) < 4.78 is 96.5. The highest BCUT2D eigenvalue weighted by Gasteiger charge is 2.42. The number of aromatic nitrogens is 2. The number of hydrogen-bond acceptors (Lipinski definition) is 0. The van der Waals surface area contributed by atoms with Gasteiger partial charge in [-0.15, -0.1) is 0 Å². The van der Waals surface area contributed by atoms with Gasteiger partial charge in [0.05, 0.1) is 45.6 Å². The molecule has 0 aliphatic carbocycles. The molecule has 3 nitrogen and oxygen atoms in total. The number of halogens is 6. The summed E-state index contributed by atoms with van der Waals surface area (Å²) in [6, 6.07) is 27.7. The number of benzene rings is 6. The molecule has 8 rings (SSSR count). The Bertz CT molecular complexity index is 2710. The molecule has 0 aliphatic rings. The van der Waals surface area contributed by atoms with Gasteiger partial charge >= 0.3 is 12.4 Å². The van der Waals surface area contributed by atoms with Crippen molar-refractivity contribution >= 4 is 49.3 Å². The molecular weight excluding hydrogens is 672 g/mol. The molecule has 0 amide bonds. The lowest BCUT2D eigenvalue weighted by atomic mass is 9.92. The van der Waals surface area contributed by atoms with Crippen molar-refractivity contribution in [2.24, 2.45) is 0 Å². The smallest absolute Gasteiger partial charge is 0.309 e. The molecule has 6 aromatic carbocycles. The molecule has 258 valence electrons. The summed E-state index contributed by atoms with van der Waals surface area (Å²) in [4.78, 5) is 3.42. The third-order valence-corrected chi connectivity index (χ3v) is 9.80. The second-order valence-corrected chi connectivity index (χ2v) is 13.4. The van der Waals surface area contributed by atoms with Gasteiger partial charge in [0.2, 0.25) is 0 Å². The predicted molar refractivity (Wildman–Crippen MR) is 196 cm³/mol. The van der Waals surface area contributed by atoms with E-state index >= 15 is 13.2 Å². The molecule has 0 saturated heterocycles. The van der Waals surface area contributed by atoms with Crippen LogP contribution in [0.3, 0.4) is 0 Å². The van der Waals surface area contributed by atoms with Crippen molar-refractivity contribution in [1.29, 1.82) is 0 Å². The van der Waals surface area contributed by atoms with Crippen LogP contribution in [-0.4, -0.2) is 9.13 Å². The van der Waals surface area contributed by atoms with Gasteiger partial charge in [-0.05, 0) is 85.8 Å². The van der Waals surface area contributed by atoms with Crippen LogP contribution < -0.4 is 0 Å². The summed E-state index contributed by atoms with van der Waals surface area (Å²) in [6.45, 7) is 15.2. The largest absolute Gasteiger partial charge is 0.420 e. The van der Waals surface area contributed by atoms with Crippen molar-refractivity contribution in [1.82, 2.24) is 9.13 Å². The maximum Gasteiger partial charge on any atom is 0.420 e. The van der Waals surface area contributed by atoms with Crippen LogP contribution in [0.1, 0.15) is 33.4 Å². The van der Waals surface area contributed by atoms with Gasteiger partial charge in [0.15, 0.2) is 5.69 Å². The number of aryl methyl sites for hydroxylation is 4. The van der Waals surface area contributed by atoms with E-state index < -0.39 is 40.4 Å². The van der Waals surface area contributed by atoms with Crippen LogP contribution >= 0.6 is 0 Å². The number of fused-ring (bicyclic) bond motifs is 6. The quantitative estimate of drug-likeness (QED) is 0.129. The van der Waals surface area contributed by atoms with Crippen LogP contribution in [0.15, 0.2) is 103 Å². The second-order valence-electron chi connectivity index (χ2n) is 13.4. The van der Waals surface area contributed by atoms with Crippen LogP contribution in [0.25, 0.3) is 71.0 Å². The van der Waals surface area contributed by atoms with E-state index in [0.29, 0.717) is 32.8 Å². The zero-order valence-electron chi connectivity index (χ0n) is 28.4. The van der Waals surface area contributed by atoms with Crippen molar-refractivity contribution in [3.63, 3.8) is 0 Å². The molecular formula is C43H29F6N3. The monoisotopic (exact) mass is 701 g/mol. The lowest BCUT2D eigenvalue weighted by molar-refractivity contribution is -0.137. The highest BCUT2D eigenvalue weighted by molar-refractivity contribution is 6.12. The first-order valence-electron chi connectivity index (χ1n) is 16.5. The van der Waals surface area contributed by atoms with Crippen LogP contribution in [-0.2, 0) is 12.4 Å². The van der Waals surface area contributed by atoms with Gasteiger partial charge in [-0.25, -0.2) is 4.85 Å². The zero-order valence-corrected chi connectivity index (χ0v) is 28.4. The molecule has 0 radical (unpaired) electrons. The first-order chi connectivity index (χ1) is 24.7. The zero-order chi connectivity index (χ0) is 36.9. The topological polar surface area (TPSA) is 14.2 Å². The molecule has 0 unspecified atom stereocenters. The maximum atomic E-state index is 16.3. The second kappa shape index (κ2) is 11.5. The Balaban J connectivity index is 1.68. The van der Waals surface area contributed by atoms with Gasteiger partial charge in [0.1, 0.15) is 5.56 Å². The molecule has 2 aromatic heterocycles. The lowest BCUT2D eigenvalue weighted by Gasteiger charge is -2.26. The average Bonchev–Trinajstić information content (AvgIpc) is 3.56. The Morgan fingerprint density at radius 2 is 0.962 bits per heavy atom. The normalized spacial score (nSPS) is 12.4. The molecule has 0 bridgehead atoms. The summed E-state index contributed by atoms with van der Waals surface area (Å²) in [5.41, 5.74) is 0.577. The van der Waals surface area contributed by atoms with E-state index in [9.17, 15) is 13.2 Å². The highest BCUT2D eigenvalue weighted by Crippen LogP contribution is 2.51. The number of nitrogens with zero attached hydrogens (tertiary/aromatic N) is 3. The SMILES string of the molecule is [C-]#[N+]c1cccc(C(F)(F)F)c1-c1ccc(-n2c3cc(C)ccc3c3ccc(C)cc32)c(C(F)(F)F)c1-n1c2cc(C)ccc2c2ccc(C)cc21.